The molecule has 0 bridgehead atoms. The summed E-state index contributed by atoms with van der Waals surface area (Å²) in [7, 11) is 4.52. The Bertz CT molecular complexity index is 2060. The van der Waals surface area contributed by atoms with Crippen LogP contribution in [0.5, 0.6) is 17.2 Å². The van der Waals surface area contributed by atoms with E-state index in [0.29, 0.717) is 34.1 Å². The Hall–Kier alpha value is -5.65. The van der Waals surface area contributed by atoms with Crippen LogP contribution in [0.15, 0.2) is 136 Å². The van der Waals surface area contributed by atoms with E-state index in [1.165, 1.54) is 39.2 Å². The first kappa shape index (κ1) is 35.2. The van der Waals surface area contributed by atoms with Gasteiger partial charge < -0.3 is 24.8 Å². The summed E-state index contributed by atoms with van der Waals surface area (Å²) in [5.74, 6) is 0.232. The lowest BCUT2D eigenvalue weighted by molar-refractivity contribution is -0.117. The van der Waals surface area contributed by atoms with E-state index >= 15 is 0 Å². The Morgan fingerprint density at radius 3 is 1.90 bits per heavy atom. The number of thioether (sulfide) groups is 1. The van der Waals surface area contributed by atoms with E-state index in [-0.39, 0.29) is 11.6 Å². The molecule has 9 nitrogen and oxygen atoms in total. The highest BCUT2D eigenvalue weighted by atomic mass is 32.2. The molecular formula is C40H35N3O6S2. The van der Waals surface area contributed by atoms with Crippen molar-refractivity contribution in [2.24, 2.45) is 0 Å². The minimum absolute atomic E-state index is 0.0210. The Balaban J connectivity index is 1.21. The van der Waals surface area contributed by atoms with Gasteiger partial charge in [-0.1, -0.05) is 54.2 Å². The molecule has 0 radical (unpaired) electrons. The van der Waals surface area contributed by atoms with E-state index in [1.807, 2.05) is 67.6 Å². The number of carbonyl (C=O) groups excluding carboxylic acids is 3. The Labute approximate surface area is 305 Å². The quantitative estimate of drug-likeness (QED) is 0.104. The van der Waals surface area contributed by atoms with Gasteiger partial charge >= 0.3 is 0 Å². The number of ether oxygens (including phenoxy) is 3. The number of hydrogen-bond donors (Lipinski definition) is 2. The van der Waals surface area contributed by atoms with Crippen LogP contribution < -0.4 is 29.7 Å². The molecule has 1 aliphatic rings. The summed E-state index contributed by atoms with van der Waals surface area (Å²) in [5.41, 5.74) is 3.08. The highest BCUT2D eigenvalue weighted by molar-refractivity contribution is 8.00. The van der Waals surface area contributed by atoms with Crippen molar-refractivity contribution in [3.8, 4) is 17.2 Å². The molecule has 0 aromatic heterocycles. The second-order valence-electron chi connectivity index (χ2n) is 11.3. The predicted molar refractivity (Wildman–Crippen MR) is 203 cm³/mol. The molecule has 0 spiro atoms. The summed E-state index contributed by atoms with van der Waals surface area (Å²) >= 11 is 3.09. The van der Waals surface area contributed by atoms with Crippen molar-refractivity contribution in [1.29, 1.82) is 0 Å². The van der Waals surface area contributed by atoms with E-state index in [2.05, 4.69) is 10.6 Å². The van der Waals surface area contributed by atoms with Crippen molar-refractivity contribution >= 4 is 64.4 Å². The smallest absolute Gasteiger partial charge is 0.272 e. The van der Waals surface area contributed by atoms with Gasteiger partial charge in [-0.05, 0) is 79.7 Å². The molecular weight excluding hydrogens is 683 g/mol. The van der Waals surface area contributed by atoms with Gasteiger partial charge in [0.1, 0.15) is 11.4 Å². The molecule has 6 rings (SSSR count). The lowest BCUT2D eigenvalue weighted by Crippen LogP contribution is -2.34. The van der Waals surface area contributed by atoms with Crippen molar-refractivity contribution in [2.45, 2.75) is 26.9 Å². The molecule has 5 aromatic carbocycles. The summed E-state index contributed by atoms with van der Waals surface area (Å²) in [4.78, 5) is 45.6. The molecule has 0 aliphatic carbocycles. The van der Waals surface area contributed by atoms with Crippen LogP contribution in [0.3, 0.4) is 0 Å². The molecule has 1 aliphatic heterocycles. The predicted octanol–water partition coefficient (Wildman–Crippen LogP) is 8.43. The number of anilines is 3. The van der Waals surface area contributed by atoms with Crippen molar-refractivity contribution in [1.82, 2.24) is 5.32 Å². The highest BCUT2D eigenvalue weighted by Gasteiger charge is 2.31. The Kier molecular flexibility index (Phi) is 11.0. The average molecular weight is 718 g/mol. The minimum atomic E-state index is -0.555. The number of hydrogen-bond acceptors (Lipinski definition) is 8. The van der Waals surface area contributed by atoms with Crippen LogP contribution in [0.4, 0.5) is 17.1 Å². The van der Waals surface area contributed by atoms with E-state index in [4.69, 9.17) is 14.2 Å². The molecule has 3 amide bonds. The van der Waals surface area contributed by atoms with Crippen molar-refractivity contribution in [3.05, 3.63) is 132 Å². The van der Waals surface area contributed by atoms with E-state index < -0.39 is 17.1 Å². The number of nitrogens with zero attached hydrogens (tertiary/aromatic N) is 1. The van der Waals surface area contributed by atoms with Crippen LogP contribution in [0.1, 0.15) is 22.8 Å². The monoisotopic (exact) mass is 717 g/mol. The van der Waals surface area contributed by atoms with Gasteiger partial charge in [-0.15, -0.1) is 11.8 Å². The van der Waals surface area contributed by atoms with Gasteiger partial charge in [0.05, 0.1) is 38.0 Å². The van der Waals surface area contributed by atoms with Crippen LogP contribution in [-0.4, -0.2) is 44.3 Å². The number of rotatable bonds is 11. The Morgan fingerprint density at radius 1 is 0.725 bits per heavy atom. The van der Waals surface area contributed by atoms with Gasteiger partial charge in [-0.25, -0.2) is 0 Å². The second kappa shape index (κ2) is 15.9. The molecule has 0 saturated carbocycles. The molecule has 1 atom stereocenters. The highest BCUT2D eigenvalue weighted by Crippen LogP contribution is 2.48. The van der Waals surface area contributed by atoms with Gasteiger partial charge in [0, 0.05) is 37.6 Å². The zero-order valence-corrected chi connectivity index (χ0v) is 30.0. The molecule has 258 valence electrons. The number of fused-ring (bicyclic) bond motifs is 2. The largest absolute Gasteiger partial charge is 0.496 e. The fourth-order valence-electron chi connectivity index (χ4n) is 5.46. The SMILES string of the molecule is COc1cc(OC)c(OC)cc1/C=C(\NC(=O)c1ccccc1)C(=O)Nc1ccc(SC(C)C(=O)N2c3ccccc3Sc3ccccc32)cc1. The second-order valence-corrected chi connectivity index (χ2v) is 13.8. The molecule has 1 unspecified atom stereocenters. The number of carbonyl (C=O) groups is 3. The van der Waals surface area contributed by atoms with Gasteiger partial charge in [0.15, 0.2) is 11.5 Å². The molecule has 11 heteroatoms. The number of amides is 3. The number of benzene rings is 5. The number of methoxy groups -OCH3 is 3. The summed E-state index contributed by atoms with van der Waals surface area (Å²) in [6.07, 6.45) is 1.52. The maximum absolute atomic E-state index is 14.0. The first-order valence-corrected chi connectivity index (χ1v) is 17.6. The van der Waals surface area contributed by atoms with Gasteiger partial charge in [0.2, 0.25) is 5.91 Å². The zero-order valence-electron chi connectivity index (χ0n) is 28.3. The van der Waals surface area contributed by atoms with Crippen LogP contribution in [0, 0.1) is 0 Å². The third-order valence-corrected chi connectivity index (χ3v) is 10.2. The summed E-state index contributed by atoms with van der Waals surface area (Å²) < 4.78 is 16.4. The summed E-state index contributed by atoms with van der Waals surface area (Å²) in [6, 6.07) is 34.9. The third kappa shape index (κ3) is 7.90. The van der Waals surface area contributed by atoms with Crippen LogP contribution in [0.25, 0.3) is 6.08 Å². The number of para-hydroxylation sites is 2. The van der Waals surface area contributed by atoms with Gasteiger partial charge in [0.25, 0.3) is 11.8 Å². The van der Waals surface area contributed by atoms with Crippen LogP contribution in [-0.2, 0) is 9.59 Å². The fourth-order valence-corrected chi connectivity index (χ4v) is 7.42. The van der Waals surface area contributed by atoms with E-state index in [1.54, 1.807) is 71.3 Å². The first-order valence-electron chi connectivity index (χ1n) is 16.0. The standard InChI is InChI=1S/C40H35N3O6S2/c1-25(40(46)43-31-14-8-10-16-36(31)51-37-17-11-9-15-32(37)43)50-29-20-18-28(19-21-29)41-39(45)30(42-38(44)26-12-6-5-7-13-26)22-27-23-34(48-3)35(49-4)24-33(27)47-2/h5-25H,1-4H3,(H,41,45)(H,42,44)/b30-22-. The zero-order chi connectivity index (χ0) is 35.9. The minimum Gasteiger partial charge on any atom is -0.496 e. The summed E-state index contributed by atoms with van der Waals surface area (Å²) in [6.45, 7) is 1.89. The van der Waals surface area contributed by atoms with Crippen LogP contribution in [0.2, 0.25) is 0 Å². The van der Waals surface area contributed by atoms with Crippen LogP contribution >= 0.6 is 23.5 Å². The van der Waals surface area contributed by atoms with Crippen molar-refractivity contribution in [3.63, 3.8) is 0 Å². The van der Waals surface area contributed by atoms with E-state index in [9.17, 15) is 14.4 Å². The van der Waals surface area contributed by atoms with Crippen molar-refractivity contribution in [2.75, 3.05) is 31.5 Å². The molecule has 5 aromatic rings. The maximum atomic E-state index is 14.0. The molecule has 51 heavy (non-hydrogen) atoms. The molecule has 2 N–H and O–H groups in total. The summed E-state index contributed by atoms with van der Waals surface area (Å²) in [5, 5.41) is 5.22. The van der Waals surface area contributed by atoms with Gasteiger partial charge in [-0.3, -0.25) is 19.3 Å². The lowest BCUT2D eigenvalue weighted by atomic mass is 10.1. The third-order valence-electron chi connectivity index (χ3n) is 7.99. The topological polar surface area (TPSA) is 106 Å². The molecule has 0 saturated heterocycles. The van der Waals surface area contributed by atoms with Gasteiger partial charge in [-0.2, -0.15) is 0 Å². The van der Waals surface area contributed by atoms with Crippen molar-refractivity contribution < 1.29 is 28.6 Å². The average Bonchev–Trinajstić information content (AvgIpc) is 3.17. The first-order chi connectivity index (χ1) is 24.8. The molecule has 0 fully saturated rings. The molecule has 1 heterocycles. The normalized spacial score (nSPS) is 12.5. The van der Waals surface area contributed by atoms with E-state index in [0.717, 1.165) is 26.1 Å². The Morgan fingerprint density at radius 2 is 1.29 bits per heavy atom. The maximum Gasteiger partial charge on any atom is 0.272 e. The lowest BCUT2D eigenvalue weighted by Gasteiger charge is -2.32. The number of nitrogens with one attached hydrogen (secondary N) is 2. The fraction of sp³-hybridized carbons (Fsp3) is 0.125.